The van der Waals surface area contributed by atoms with E-state index in [0.717, 1.165) is 26.1 Å². The van der Waals surface area contributed by atoms with Crippen LogP contribution in [-0.2, 0) is 4.79 Å². The van der Waals surface area contributed by atoms with Crippen LogP contribution in [0.25, 0.3) is 0 Å². The molecule has 0 atom stereocenters. The summed E-state index contributed by atoms with van der Waals surface area (Å²) in [5, 5.41) is 0. The maximum absolute atomic E-state index is 12.0. The molecule has 3 nitrogen and oxygen atoms in total. The number of hydrogen-bond donors (Lipinski definition) is 0. The van der Waals surface area contributed by atoms with Crippen molar-refractivity contribution in [1.29, 1.82) is 0 Å². The van der Waals surface area contributed by atoms with E-state index in [1.54, 1.807) is 0 Å². The zero-order valence-corrected chi connectivity index (χ0v) is 10.1. The maximum Gasteiger partial charge on any atom is 0.231 e. The number of carbonyl (C=O) groups excluding carboxylic acids is 1. The number of carbonyl (C=O) groups is 1. The molecule has 15 heavy (non-hydrogen) atoms. The van der Waals surface area contributed by atoms with Crippen LogP contribution in [0.2, 0.25) is 0 Å². The van der Waals surface area contributed by atoms with Crippen molar-refractivity contribution in [2.24, 2.45) is 5.41 Å². The van der Waals surface area contributed by atoms with Gasteiger partial charge < -0.3 is 4.90 Å². The zero-order valence-electron chi connectivity index (χ0n) is 10.1. The van der Waals surface area contributed by atoms with Crippen molar-refractivity contribution in [1.82, 2.24) is 9.80 Å². The van der Waals surface area contributed by atoms with E-state index in [9.17, 15) is 4.79 Å². The SMILES string of the molecule is CCC(CC)N1CC2(CCN(C)C2=O)C1. The fourth-order valence-corrected chi connectivity index (χ4v) is 3.08. The van der Waals surface area contributed by atoms with Crippen LogP contribution in [0.3, 0.4) is 0 Å². The number of hydrogen-bond acceptors (Lipinski definition) is 2. The zero-order chi connectivity index (χ0) is 11.1. The standard InChI is InChI=1S/C12H22N2O/c1-4-10(5-2)14-8-12(9-14)6-7-13(3)11(12)15/h10H,4-9H2,1-3H3. The molecule has 0 unspecified atom stereocenters. The van der Waals surface area contributed by atoms with Crippen molar-refractivity contribution >= 4 is 5.91 Å². The molecular formula is C12H22N2O. The second-order valence-electron chi connectivity index (χ2n) is 5.13. The molecule has 0 aromatic heterocycles. The summed E-state index contributed by atoms with van der Waals surface area (Å²) in [4.78, 5) is 16.3. The fraction of sp³-hybridized carbons (Fsp3) is 0.917. The van der Waals surface area contributed by atoms with Crippen molar-refractivity contribution in [3.8, 4) is 0 Å². The van der Waals surface area contributed by atoms with Crippen LogP contribution in [0.5, 0.6) is 0 Å². The minimum absolute atomic E-state index is 0.0112. The Morgan fingerprint density at radius 2 is 1.93 bits per heavy atom. The molecule has 2 aliphatic rings. The van der Waals surface area contributed by atoms with Gasteiger partial charge in [-0.1, -0.05) is 13.8 Å². The van der Waals surface area contributed by atoms with E-state index < -0.39 is 0 Å². The molecule has 86 valence electrons. The molecule has 2 rings (SSSR count). The number of nitrogens with zero attached hydrogens (tertiary/aromatic N) is 2. The van der Waals surface area contributed by atoms with Gasteiger partial charge >= 0.3 is 0 Å². The van der Waals surface area contributed by atoms with E-state index in [1.807, 2.05) is 11.9 Å². The summed E-state index contributed by atoms with van der Waals surface area (Å²) in [6.07, 6.45) is 3.48. The summed E-state index contributed by atoms with van der Waals surface area (Å²) in [5.41, 5.74) is 0.0112. The molecule has 2 heterocycles. The Balaban J connectivity index is 1.94. The third kappa shape index (κ3) is 1.57. The van der Waals surface area contributed by atoms with Gasteiger partial charge in [0, 0.05) is 32.7 Å². The predicted octanol–water partition coefficient (Wildman–Crippen LogP) is 1.34. The number of amides is 1. The van der Waals surface area contributed by atoms with E-state index >= 15 is 0 Å². The molecule has 0 aliphatic carbocycles. The van der Waals surface area contributed by atoms with Crippen LogP contribution in [0, 0.1) is 5.41 Å². The molecule has 2 saturated heterocycles. The van der Waals surface area contributed by atoms with Crippen LogP contribution < -0.4 is 0 Å². The average molecular weight is 210 g/mol. The topological polar surface area (TPSA) is 23.6 Å². The van der Waals surface area contributed by atoms with Gasteiger partial charge in [0.05, 0.1) is 5.41 Å². The molecule has 2 fully saturated rings. The minimum Gasteiger partial charge on any atom is -0.345 e. The lowest BCUT2D eigenvalue weighted by atomic mass is 9.77. The number of rotatable bonds is 3. The molecule has 0 N–H and O–H groups in total. The highest BCUT2D eigenvalue weighted by molar-refractivity contribution is 5.86. The first-order valence-corrected chi connectivity index (χ1v) is 6.12. The van der Waals surface area contributed by atoms with Crippen molar-refractivity contribution in [3.05, 3.63) is 0 Å². The summed E-state index contributed by atoms with van der Waals surface area (Å²) in [7, 11) is 1.93. The lowest BCUT2D eigenvalue weighted by Gasteiger charge is -2.50. The lowest BCUT2D eigenvalue weighted by Crippen LogP contribution is -2.62. The van der Waals surface area contributed by atoms with Gasteiger partial charge in [-0.2, -0.15) is 0 Å². The molecule has 2 aliphatic heterocycles. The number of likely N-dealkylation sites (tertiary alicyclic amines) is 2. The van der Waals surface area contributed by atoms with Crippen LogP contribution in [0.4, 0.5) is 0 Å². The molecule has 0 aromatic carbocycles. The minimum atomic E-state index is 0.0112. The van der Waals surface area contributed by atoms with Gasteiger partial charge in [-0.15, -0.1) is 0 Å². The molecule has 0 radical (unpaired) electrons. The highest BCUT2D eigenvalue weighted by Crippen LogP contribution is 2.41. The monoisotopic (exact) mass is 210 g/mol. The Bertz CT molecular complexity index is 254. The Kier molecular flexibility index (Phi) is 2.75. The molecule has 1 amide bonds. The van der Waals surface area contributed by atoms with Gasteiger partial charge in [0.25, 0.3) is 0 Å². The van der Waals surface area contributed by atoms with E-state index in [-0.39, 0.29) is 5.41 Å². The maximum atomic E-state index is 12.0. The van der Waals surface area contributed by atoms with Crippen LogP contribution in [-0.4, -0.2) is 48.4 Å². The van der Waals surface area contributed by atoms with Crippen LogP contribution >= 0.6 is 0 Å². The van der Waals surface area contributed by atoms with Crippen molar-refractivity contribution in [2.75, 3.05) is 26.7 Å². The normalized spacial score (nSPS) is 25.3. The first-order chi connectivity index (χ1) is 7.13. The van der Waals surface area contributed by atoms with Crippen molar-refractivity contribution in [3.63, 3.8) is 0 Å². The van der Waals surface area contributed by atoms with Gasteiger partial charge in [0.1, 0.15) is 0 Å². The first-order valence-electron chi connectivity index (χ1n) is 6.12. The van der Waals surface area contributed by atoms with E-state index in [2.05, 4.69) is 18.7 Å². The second-order valence-corrected chi connectivity index (χ2v) is 5.13. The van der Waals surface area contributed by atoms with E-state index in [4.69, 9.17) is 0 Å². The molecule has 0 saturated carbocycles. The smallest absolute Gasteiger partial charge is 0.231 e. The summed E-state index contributed by atoms with van der Waals surface area (Å²) in [6.45, 7) is 7.43. The summed E-state index contributed by atoms with van der Waals surface area (Å²) in [5.74, 6) is 0.379. The summed E-state index contributed by atoms with van der Waals surface area (Å²) < 4.78 is 0. The second kappa shape index (κ2) is 3.78. The molecule has 1 spiro atoms. The Hall–Kier alpha value is -0.570. The summed E-state index contributed by atoms with van der Waals surface area (Å²) >= 11 is 0. The van der Waals surface area contributed by atoms with Crippen LogP contribution in [0.15, 0.2) is 0 Å². The third-order valence-corrected chi connectivity index (χ3v) is 4.20. The lowest BCUT2D eigenvalue weighted by molar-refractivity contribution is -0.146. The summed E-state index contributed by atoms with van der Waals surface area (Å²) in [6, 6.07) is 0.689. The van der Waals surface area contributed by atoms with Gasteiger partial charge in [-0.3, -0.25) is 9.69 Å². The Morgan fingerprint density at radius 3 is 2.33 bits per heavy atom. The van der Waals surface area contributed by atoms with Gasteiger partial charge in [0.2, 0.25) is 5.91 Å². The fourth-order valence-electron chi connectivity index (χ4n) is 3.08. The predicted molar refractivity (Wildman–Crippen MR) is 60.6 cm³/mol. The molecular weight excluding hydrogens is 188 g/mol. The largest absolute Gasteiger partial charge is 0.345 e. The van der Waals surface area contributed by atoms with Gasteiger partial charge in [-0.25, -0.2) is 0 Å². The van der Waals surface area contributed by atoms with Crippen molar-refractivity contribution < 1.29 is 4.79 Å². The Labute approximate surface area is 92.4 Å². The van der Waals surface area contributed by atoms with Crippen LogP contribution in [0.1, 0.15) is 33.1 Å². The van der Waals surface area contributed by atoms with E-state index in [0.29, 0.717) is 11.9 Å². The Morgan fingerprint density at radius 1 is 1.33 bits per heavy atom. The molecule has 0 bridgehead atoms. The first kappa shape index (κ1) is 10.9. The van der Waals surface area contributed by atoms with Crippen molar-refractivity contribution in [2.45, 2.75) is 39.2 Å². The molecule has 0 aromatic rings. The van der Waals surface area contributed by atoms with Gasteiger partial charge in [-0.05, 0) is 19.3 Å². The molecule has 3 heteroatoms. The van der Waals surface area contributed by atoms with Gasteiger partial charge in [0.15, 0.2) is 0 Å². The highest BCUT2D eigenvalue weighted by atomic mass is 16.2. The van der Waals surface area contributed by atoms with E-state index in [1.165, 1.54) is 12.8 Å². The quantitative estimate of drug-likeness (QED) is 0.702. The third-order valence-electron chi connectivity index (χ3n) is 4.20. The highest BCUT2D eigenvalue weighted by Gasteiger charge is 2.54. The average Bonchev–Trinajstić information content (AvgIpc) is 2.47.